The fraction of sp³-hybridized carbons (Fsp3) is 0.579. The summed E-state index contributed by atoms with van der Waals surface area (Å²) < 4.78 is 0. The predicted octanol–water partition coefficient (Wildman–Crippen LogP) is 3.74. The molecule has 0 radical (unpaired) electrons. The van der Waals surface area contributed by atoms with E-state index in [1.165, 1.54) is 0 Å². The number of halogens is 1. The predicted molar refractivity (Wildman–Crippen MR) is 97.1 cm³/mol. The lowest BCUT2D eigenvalue weighted by molar-refractivity contribution is -0.135. The van der Waals surface area contributed by atoms with E-state index in [1.807, 2.05) is 4.90 Å². The van der Waals surface area contributed by atoms with Crippen molar-refractivity contribution in [3.63, 3.8) is 0 Å². The van der Waals surface area contributed by atoms with Gasteiger partial charge in [0.25, 0.3) is 5.91 Å². The van der Waals surface area contributed by atoms with Crippen LogP contribution in [-0.4, -0.2) is 35.8 Å². The molecule has 1 saturated heterocycles. The molecule has 1 N–H and O–H groups in total. The Labute approximate surface area is 149 Å². The lowest BCUT2D eigenvalue weighted by atomic mass is 9.97. The van der Waals surface area contributed by atoms with Crippen LogP contribution in [0, 0.1) is 11.8 Å². The van der Waals surface area contributed by atoms with Crippen LogP contribution in [0.2, 0.25) is 5.02 Å². The zero-order chi connectivity index (χ0) is 17.7. The molecular formula is C19H27ClN2O2. The van der Waals surface area contributed by atoms with E-state index in [4.69, 9.17) is 11.6 Å². The lowest BCUT2D eigenvalue weighted by Crippen LogP contribution is -2.51. The molecule has 0 aliphatic carbocycles. The largest absolute Gasteiger partial charge is 0.341 e. The minimum atomic E-state index is -0.471. The minimum absolute atomic E-state index is 0.0397. The van der Waals surface area contributed by atoms with Crippen molar-refractivity contribution in [1.29, 1.82) is 0 Å². The lowest BCUT2D eigenvalue weighted by Gasteiger charge is -2.33. The molecule has 24 heavy (non-hydrogen) atoms. The summed E-state index contributed by atoms with van der Waals surface area (Å²) in [6.45, 7) is 7.91. The maximum absolute atomic E-state index is 12.9. The highest BCUT2D eigenvalue weighted by Gasteiger charge is 2.29. The molecule has 1 atom stereocenters. The van der Waals surface area contributed by atoms with E-state index in [2.05, 4.69) is 26.1 Å². The first-order chi connectivity index (χ1) is 11.4. The van der Waals surface area contributed by atoms with E-state index in [0.717, 1.165) is 25.9 Å². The Morgan fingerprint density at radius 2 is 1.79 bits per heavy atom. The second-order valence-corrected chi connectivity index (χ2v) is 7.61. The van der Waals surface area contributed by atoms with Crippen LogP contribution in [0.15, 0.2) is 24.3 Å². The second-order valence-electron chi connectivity index (χ2n) is 7.17. The van der Waals surface area contributed by atoms with Crippen LogP contribution in [0.1, 0.15) is 50.4 Å². The number of nitrogens with zero attached hydrogens (tertiary/aromatic N) is 1. The van der Waals surface area contributed by atoms with E-state index < -0.39 is 6.04 Å². The number of carbonyl (C=O) groups excluding carboxylic acids is 2. The molecule has 1 aliphatic heterocycles. The third-order valence-corrected chi connectivity index (χ3v) is 4.76. The number of likely N-dealkylation sites (tertiary alicyclic amines) is 1. The van der Waals surface area contributed by atoms with Gasteiger partial charge in [-0.05, 0) is 55.4 Å². The fourth-order valence-corrected chi connectivity index (χ4v) is 3.11. The van der Waals surface area contributed by atoms with Crippen molar-refractivity contribution >= 4 is 23.4 Å². The molecule has 2 amide bonds. The van der Waals surface area contributed by atoms with Gasteiger partial charge in [0.15, 0.2) is 0 Å². The monoisotopic (exact) mass is 350 g/mol. The van der Waals surface area contributed by atoms with Gasteiger partial charge in [-0.25, -0.2) is 0 Å². The fourth-order valence-electron chi connectivity index (χ4n) is 2.99. The van der Waals surface area contributed by atoms with E-state index in [-0.39, 0.29) is 11.8 Å². The molecule has 0 unspecified atom stereocenters. The minimum Gasteiger partial charge on any atom is -0.341 e. The molecule has 5 heteroatoms. The van der Waals surface area contributed by atoms with Crippen molar-refractivity contribution < 1.29 is 9.59 Å². The van der Waals surface area contributed by atoms with Gasteiger partial charge in [0.2, 0.25) is 5.91 Å². The van der Waals surface area contributed by atoms with Gasteiger partial charge in [-0.15, -0.1) is 0 Å². The van der Waals surface area contributed by atoms with Gasteiger partial charge in [0.05, 0.1) is 0 Å². The van der Waals surface area contributed by atoms with Crippen LogP contribution in [0.4, 0.5) is 0 Å². The number of piperidine rings is 1. The van der Waals surface area contributed by atoms with Crippen molar-refractivity contribution in [2.75, 3.05) is 13.1 Å². The average molecular weight is 351 g/mol. The van der Waals surface area contributed by atoms with Crippen LogP contribution >= 0.6 is 11.6 Å². The van der Waals surface area contributed by atoms with Crippen LogP contribution in [0.3, 0.4) is 0 Å². The third kappa shape index (κ3) is 5.23. The van der Waals surface area contributed by atoms with Gasteiger partial charge in [-0.3, -0.25) is 9.59 Å². The molecule has 1 aromatic carbocycles. The van der Waals surface area contributed by atoms with Crippen molar-refractivity contribution in [1.82, 2.24) is 10.2 Å². The Hall–Kier alpha value is -1.55. The summed E-state index contributed by atoms with van der Waals surface area (Å²) in [5.41, 5.74) is 0.522. The van der Waals surface area contributed by atoms with Crippen molar-refractivity contribution in [3.8, 4) is 0 Å². The van der Waals surface area contributed by atoms with Crippen LogP contribution in [0.25, 0.3) is 0 Å². The molecule has 132 valence electrons. The van der Waals surface area contributed by atoms with Crippen molar-refractivity contribution in [2.45, 2.75) is 46.1 Å². The summed E-state index contributed by atoms with van der Waals surface area (Å²) in [6, 6.07) is 6.25. The van der Waals surface area contributed by atoms with Gasteiger partial charge in [0.1, 0.15) is 6.04 Å². The number of carbonyl (C=O) groups is 2. The van der Waals surface area contributed by atoms with Crippen molar-refractivity contribution in [2.24, 2.45) is 11.8 Å². The SMILES string of the molecule is CC(C)C[C@@H](NC(=O)c1ccc(Cl)cc1)C(=O)N1CCC(C)CC1. The average Bonchev–Trinajstić information content (AvgIpc) is 2.54. The first-order valence-corrected chi connectivity index (χ1v) is 9.10. The number of amides is 2. The Kier molecular flexibility index (Phi) is 6.67. The highest BCUT2D eigenvalue weighted by Crippen LogP contribution is 2.18. The first-order valence-electron chi connectivity index (χ1n) is 8.72. The first kappa shape index (κ1) is 18.8. The Morgan fingerprint density at radius 3 is 2.33 bits per heavy atom. The molecule has 0 aromatic heterocycles. The number of hydrogen-bond donors (Lipinski definition) is 1. The maximum Gasteiger partial charge on any atom is 0.251 e. The number of hydrogen-bond acceptors (Lipinski definition) is 2. The molecule has 4 nitrogen and oxygen atoms in total. The summed E-state index contributed by atoms with van der Waals surface area (Å²) >= 11 is 5.86. The number of rotatable bonds is 5. The Balaban J connectivity index is 2.05. The highest BCUT2D eigenvalue weighted by atomic mass is 35.5. The summed E-state index contributed by atoms with van der Waals surface area (Å²) in [7, 11) is 0. The molecule has 0 spiro atoms. The Bertz CT molecular complexity index is 563. The van der Waals surface area contributed by atoms with Gasteiger partial charge < -0.3 is 10.2 Å². The number of benzene rings is 1. The van der Waals surface area contributed by atoms with E-state index in [9.17, 15) is 9.59 Å². The summed E-state index contributed by atoms with van der Waals surface area (Å²) in [6.07, 6.45) is 2.71. The highest BCUT2D eigenvalue weighted by molar-refractivity contribution is 6.30. The van der Waals surface area contributed by atoms with Gasteiger partial charge in [-0.2, -0.15) is 0 Å². The molecule has 0 bridgehead atoms. The molecule has 2 rings (SSSR count). The molecule has 1 aliphatic rings. The van der Waals surface area contributed by atoms with Crippen LogP contribution < -0.4 is 5.32 Å². The van der Waals surface area contributed by atoms with Gasteiger partial charge in [-0.1, -0.05) is 32.4 Å². The van der Waals surface area contributed by atoms with Crippen LogP contribution in [-0.2, 0) is 4.79 Å². The molecule has 1 fully saturated rings. The molecule has 1 heterocycles. The normalized spacial score (nSPS) is 17.0. The zero-order valence-electron chi connectivity index (χ0n) is 14.7. The van der Waals surface area contributed by atoms with E-state index in [0.29, 0.717) is 28.8 Å². The standard InChI is InChI=1S/C19H27ClN2O2/c1-13(2)12-17(19(24)22-10-8-14(3)9-11-22)21-18(23)15-4-6-16(20)7-5-15/h4-7,13-14,17H,8-12H2,1-3H3,(H,21,23)/t17-/m1/s1. The van der Waals surface area contributed by atoms with Gasteiger partial charge >= 0.3 is 0 Å². The smallest absolute Gasteiger partial charge is 0.251 e. The summed E-state index contributed by atoms with van der Waals surface area (Å²) in [4.78, 5) is 27.2. The third-order valence-electron chi connectivity index (χ3n) is 4.51. The number of nitrogens with one attached hydrogen (secondary N) is 1. The van der Waals surface area contributed by atoms with Crippen LogP contribution in [0.5, 0.6) is 0 Å². The maximum atomic E-state index is 12.9. The quantitative estimate of drug-likeness (QED) is 0.879. The van der Waals surface area contributed by atoms with E-state index >= 15 is 0 Å². The van der Waals surface area contributed by atoms with Gasteiger partial charge in [0, 0.05) is 23.7 Å². The molecule has 1 aromatic rings. The second kappa shape index (κ2) is 8.52. The zero-order valence-corrected chi connectivity index (χ0v) is 15.5. The molecule has 0 saturated carbocycles. The topological polar surface area (TPSA) is 49.4 Å². The van der Waals surface area contributed by atoms with E-state index in [1.54, 1.807) is 24.3 Å². The summed E-state index contributed by atoms with van der Waals surface area (Å²) in [5.74, 6) is 0.809. The summed E-state index contributed by atoms with van der Waals surface area (Å²) in [5, 5.41) is 3.51. The van der Waals surface area contributed by atoms with Crippen molar-refractivity contribution in [3.05, 3.63) is 34.9 Å². The Morgan fingerprint density at radius 1 is 1.21 bits per heavy atom. The molecular weight excluding hydrogens is 324 g/mol.